The minimum absolute atomic E-state index is 0.0909. The van der Waals surface area contributed by atoms with E-state index < -0.39 is 5.97 Å². The van der Waals surface area contributed by atoms with E-state index >= 15 is 0 Å². The first-order valence-electron chi connectivity index (χ1n) is 10.2. The molecule has 2 heterocycles. The van der Waals surface area contributed by atoms with Crippen LogP contribution in [0, 0.1) is 17.2 Å². The number of ether oxygens (including phenoxy) is 1. The Labute approximate surface area is 175 Å². The lowest BCUT2D eigenvalue weighted by atomic mass is 9.97. The number of furan rings is 1. The summed E-state index contributed by atoms with van der Waals surface area (Å²) in [5.41, 5.74) is 2.44. The Morgan fingerprint density at radius 3 is 2.67 bits per heavy atom. The molecule has 4 rings (SSSR count). The fraction of sp³-hybridized carbons (Fsp3) is 0.333. The number of phenols is 1. The lowest BCUT2D eigenvalue weighted by molar-refractivity contribution is 0.0528. The maximum atomic E-state index is 12.9. The van der Waals surface area contributed by atoms with Crippen LogP contribution < -0.4 is 0 Å². The van der Waals surface area contributed by atoms with Crippen molar-refractivity contribution in [1.29, 1.82) is 5.26 Å². The summed E-state index contributed by atoms with van der Waals surface area (Å²) in [6, 6.07) is 15.0. The Bertz CT molecular complexity index is 1090. The highest BCUT2D eigenvalue weighted by atomic mass is 16.5. The first-order valence-corrected chi connectivity index (χ1v) is 10.2. The first kappa shape index (κ1) is 20.0. The van der Waals surface area contributed by atoms with Gasteiger partial charge in [-0.3, -0.25) is 4.90 Å². The third-order valence-corrected chi connectivity index (χ3v) is 5.54. The van der Waals surface area contributed by atoms with Crippen molar-refractivity contribution < 1.29 is 19.1 Å². The molecule has 0 aliphatic carbocycles. The molecule has 0 spiro atoms. The number of carbonyl (C=O) groups is 1. The summed E-state index contributed by atoms with van der Waals surface area (Å²) in [7, 11) is 0. The highest BCUT2D eigenvalue weighted by Gasteiger charge is 2.27. The third kappa shape index (κ3) is 3.89. The highest BCUT2D eigenvalue weighted by Crippen LogP contribution is 2.38. The Kier molecular flexibility index (Phi) is 5.73. The smallest absolute Gasteiger partial charge is 0.342 e. The number of phenolic OH excluding ortho intramolecular Hbond substituents is 1. The van der Waals surface area contributed by atoms with Gasteiger partial charge in [-0.25, -0.2) is 4.79 Å². The van der Waals surface area contributed by atoms with Gasteiger partial charge in [0.05, 0.1) is 12.7 Å². The average molecular weight is 404 g/mol. The molecule has 1 aliphatic rings. The molecule has 1 aromatic heterocycles. The summed E-state index contributed by atoms with van der Waals surface area (Å²) >= 11 is 0. The zero-order valence-electron chi connectivity index (χ0n) is 16.9. The fourth-order valence-electron chi connectivity index (χ4n) is 4.07. The number of aromatic hydroxyl groups is 1. The van der Waals surface area contributed by atoms with E-state index in [-0.39, 0.29) is 18.3 Å². The van der Waals surface area contributed by atoms with Crippen LogP contribution in [0.4, 0.5) is 0 Å². The second-order valence-corrected chi connectivity index (χ2v) is 7.55. The van der Waals surface area contributed by atoms with Crippen molar-refractivity contribution in [1.82, 2.24) is 4.90 Å². The minimum atomic E-state index is -0.440. The number of likely N-dealkylation sites (tertiary alicyclic amines) is 1. The van der Waals surface area contributed by atoms with E-state index in [4.69, 9.17) is 14.4 Å². The minimum Gasteiger partial charge on any atom is -0.508 e. The summed E-state index contributed by atoms with van der Waals surface area (Å²) in [4.78, 5) is 15.2. The number of nitrogens with zero attached hydrogens (tertiary/aromatic N) is 2. The van der Waals surface area contributed by atoms with E-state index in [1.54, 1.807) is 13.0 Å². The number of esters is 1. The molecular weight excluding hydrogens is 380 g/mol. The van der Waals surface area contributed by atoms with E-state index in [0.29, 0.717) is 28.8 Å². The molecule has 3 aromatic rings. The SMILES string of the molecule is CCOC(=O)c1c(-c2ccccc2)oc2cc(O)cc(CN3CCC(C#N)CC3)c12. The van der Waals surface area contributed by atoms with Gasteiger partial charge in [0.25, 0.3) is 0 Å². The normalized spacial score (nSPS) is 15.2. The summed E-state index contributed by atoms with van der Waals surface area (Å²) < 4.78 is 11.4. The topological polar surface area (TPSA) is 86.7 Å². The molecule has 30 heavy (non-hydrogen) atoms. The Hall–Kier alpha value is -3.30. The zero-order chi connectivity index (χ0) is 21.1. The summed E-state index contributed by atoms with van der Waals surface area (Å²) in [6.45, 7) is 4.19. The van der Waals surface area contributed by atoms with Crippen LogP contribution in [0.5, 0.6) is 5.75 Å². The van der Waals surface area contributed by atoms with Crippen LogP contribution in [-0.4, -0.2) is 35.7 Å². The van der Waals surface area contributed by atoms with Crippen molar-refractivity contribution in [2.45, 2.75) is 26.3 Å². The molecule has 6 nitrogen and oxygen atoms in total. The van der Waals surface area contributed by atoms with Gasteiger partial charge in [-0.1, -0.05) is 30.3 Å². The van der Waals surface area contributed by atoms with E-state index in [1.807, 2.05) is 30.3 Å². The van der Waals surface area contributed by atoms with Gasteiger partial charge in [-0.05, 0) is 44.5 Å². The van der Waals surface area contributed by atoms with Crippen LogP contribution in [0.1, 0.15) is 35.7 Å². The lowest BCUT2D eigenvalue weighted by Gasteiger charge is -2.29. The number of fused-ring (bicyclic) bond motifs is 1. The molecule has 2 aromatic carbocycles. The maximum Gasteiger partial charge on any atom is 0.342 e. The Morgan fingerprint density at radius 2 is 2.00 bits per heavy atom. The number of piperidine rings is 1. The van der Waals surface area contributed by atoms with Gasteiger partial charge in [0, 0.05) is 29.5 Å². The molecule has 0 bridgehead atoms. The monoisotopic (exact) mass is 404 g/mol. The fourth-order valence-corrected chi connectivity index (χ4v) is 4.07. The molecule has 1 aliphatic heterocycles. The largest absolute Gasteiger partial charge is 0.508 e. The van der Waals surface area contributed by atoms with Crippen LogP contribution in [0.15, 0.2) is 46.9 Å². The van der Waals surface area contributed by atoms with Gasteiger partial charge in [0.15, 0.2) is 0 Å². The Morgan fingerprint density at radius 1 is 1.27 bits per heavy atom. The third-order valence-electron chi connectivity index (χ3n) is 5.54. The predicted octanol–water partition coefficient (Wildman–Crippen LogP) is 4.72. The van der Waals surface area contributed by atoms with Crippen molar-refractivity contribution >= 4 is 16.9 Å². The highest BCUT2D eigenvalue weighted by molar-refractivity contribution is 6.10. The number of hydrogen-bond donors (Lipinski definition) is 1. The molecule has 0 atom stereocenters. The van der Waals surface area contributed by atoms with E-state index in [0.717, 1.165) is 37.1 Å². The van der Waals surface area contributed by atoms with Gasteiger partial charge < -0.3 is 14.3 Å². The molecule has 1 fully saturated rings. The quantitative estimate of drug-likeness (QED) is 0.619. The molecule has 0 unspecified atom stereocenters. The molecule has 1 saturated heterocycles. The van der Waals surface area contributed by atoms with Crippen molar-refractivity contribution in [3.8, 4) is 23.1 Å². The molecule has 154 valence electrons. The van der Waals surface area contributed by atoms with Crippen LogP contribution in [0.2, 0.25) is 0 Å². The van der Waals surface area contributed by atoms with E-state index in [2.05, 4.69) is 11.0 Å². The summed E-state index contributed by atoms with van der Waals surface area (Å²) in [5, 5.41) is 20.1. The second kappa shape index (κ2) is 8.60. The van der Waals surface area contributed by atoms with E-state index in [9.17, 15) is 9.90 Å². The predicted molar refractivity (Wildman–Crippen MR) is 113 cm³/mol. The average Bonchev–Trinajstić information content (AvgIpc) is 3.14. The maximum absolute atomic E-state index is 12.9. The van der Waals surface area contributed by atoms with Crippen LogP contribution >= 0.6 is 0 Å². The van der Waals surface area contributed by atoms with Crippen molar-refractivity contribution in [2.75, 3.05) is 19.7 Å². The van der Waals surface area contributed by atoms with Crippen molar-refractivity contribution in [3.05, 3.63) is 53.6 Å². The summed E-state index contributed by atoms with van der Waals surface area (Å²) in [6.07, 6.45) is 1.65. The van der Waals surface area contributed by atoms with Gasteiger partial charge in [0.1, 0.15) is 22.7 Å². The van der Waals surface area contributed by atoms with Crippen molar-refractivity contribution in [2.24, 2.45) is 5.92 Å². The van der Waals surface area contributed by atoms with Crippen LogP contribution in [0.25, 0.3) is 22.3 Å². The number of rotatable bonds is 5. The van der Waals surface area contributed by atoms with Gasteiger partial charge in [-0.15, -0.1) is 0 Å². The van der Waals surface area contributed by atoms with Gasteiger partial charge in [0.2, 0.25) is 0 Å². The van der Waals surface area contributed by atoms with Crippen LogP contribution in [0.3, 0.4) is 0 Å². The Balaban J connectivity index is 1.81. The first-order chi connectivity index (χ1) is 14.6. The molecular formula is C24H24N2O4. The molecule has 0 amide bonds. The van der Waals surface area contributed by atoms with Gasteiger partial charge >= 0.3 is 5.97 Å². The molecule has 6 heteroatoms. The van der Waals surface area contributed by atoms with E-state index in [1.165, 1.54) is 6.07 Å². The number of hydrogen-bond acceptors (Lipinski definition) is 6. The lowest BCUT2D eigenvalue weighted by Crippen LogP contribution is -2.32. The van der Waals surface area contributed by atoms with Gasteiger partial charge in [-0.2, -0.15) is 5.26 Å². The molecule has 0 radical (unpaired) electrons. The molecule has 1 N–H and O–H groups in total. The number of benzene rings is 2. The zero-order valence-corrected chi connectivity index (χ0v) is 16.9. The molecule has 0 saturated carbocycles. The standard InChI is InChI=1S/C24H24N2O4/c1-2-29-24(28)22-21-18(15-26-10-8-16(14-25)9-11-26)12-19(27)13-20(21)30-23(22)17-6-4-3-5-7-17/h3-7,12-13,16,27H,2,8-11,15H2,1H3. The number of carbonyl (C=O) groups excluding carboxylic acids is 1. The number of nitriles is 1. The second-order valence-electron chi connectivity index (χ2n) is 7.55. The summed E-state index contributed by atoms with van der Waals surface area (Å²) in [5.74, 6) is 0.191. The van der Waals surface area contributed by atoms with Crippen LogP contribution in [-0.2, 0) is 11.3 Å². The van der Waals surface area contributed by atoms with Crippen molar-refractivity contribution in [3.63, 3.8) is 0 Å².